The zero-order valence-electron chi connectivity index (χ0n) is 21.2. The lowest BCUT2D eigenvalue weighted by molar-refractivity contribution is 0.454. The van der Waals surface area contributed by atoms with Crippen molar-refractivity contribution in [1.29, 1.82) is 0 Å². The SMILES string of the molecule is CC1(C)c2ccccc2-c2cc(N(c3cccc(O[B]O)c3)c3ccc4c(c3)oc3ccccc34)ccc21. The van der Waals surface area contributed by atoms with Crippen molar-refractivity contribution in [3.8, 4) is 16.9 Å². The van der Waals surface area contributed by atoms with Crippen LogP contribution in [-0.4, -0.2) is 12.7 Å². The normalized spacial score (nSPS) is 13.3. The Balaban J connectivity index is 1.44. The summed E-state index contributed by atoms with van der Waals surface area (Å²) in [4.78, 5) is 2.20. The largest absolute Gasteiger partial charge is 0.569 e. The van der Waals surface area contributed by atoms with E-state index in [9.17, 15) is 5.02 Å². The molecular formula is C33H25BNO3. The number of nitrogens with zero attached hydrogens (tertiary/aromatic N) is 1. The van der Waals surface area contributed by atoms with Crippen molar-refractivity contribution in [1.82, 2.24) is 0 Å². The molecule has 6 aromatic rings. The van der Waals surface area contributed by atoms with E-state index >= 15 is 0 Å². The van der Waals surface area contributed by atoms with Gasteiger partial charge in [0.05, 0.1) is 0 Å². The van der Waals surface area contributed by atoms with E-state index in [2.05, 4.69) is 85.5 Å². The molecule has 1 aliphatic carbocycles. The van der Waals surface area contributed by atoms with Gasteiger partial charge in [-0.15, -0.1) is 0 Å². The maximum absolute atomic E-state index is 9.25. The first-order valence-electron chi connectivity index (χ1n) is 12.7. The molecule has 0 fully saturated rings. The molecule has 5 heteroatoms. The Labute approximate surface area is 222 Å². The molecule has 0 aliphatic heterocycles. The summed E-state index contributed by atoms with van der Waals surface area (Å²) in [5.74, 6) is 0.549. The van der Waals surface area contributed by atoms with Gasteiger partial charge in [0, 0.05) is 45.4 Å². The van der Waals surface area contributed by atoms with Crippen molar-refractivity contribution in [2.24, 2.45) is 0 Å². The highest BCUT2D eigenvalue weighted by Crippen LogP contribution is 2.50. The highest BCUT2D eigenvalue weighted by molar-refractivity contribution is 6.17. The molecule has 0 saturated carbocycles. The summed E-state index contributed by atoms with van der Waals surface area (Å²) in [5, 5.41) is 11.4. The number of rotatable bonds is 5. The Kier molecular flexibility index (Phi) is 5.10. The molecule has 1 aliphatic rings. The van der Waals surface area contributed by atoms with Crippen LogP contribution in [0.15, 0.2) is 114 Å². The van der Waals surface area contributed by atoms with Gasteiger partial charge in [-0.05, 0) is 64.7 Å². The molecule has 1 radical (unpaired) electrons. The van der Waals surface area contributed by atoms with Crippen LogP contribution >= 0.6 is 0 Å². The van der Waals surface area contributed by atoms with Crippen LogP contribution in [-0.2, 0) is 5.41 Å². The van der Waals surface area contributed by atoms with Gasteiger partial charge in [0.2, 0.25) is 0 Å². The first-order valence-corrected chi connectivity index (χ1v) is 12.7. The third-order valence-corrected chi connectivity index (χ3v) is 7.71. The summed E-state index contributed by atoms with van der Waals surface area (Å²) >= 11 is 0. The smallest absolute Gasteiger partial charge is 0.537 e. The predicted molar refractivity (Wildman–Crippen MR) is 155 cm³/mol. The van der Waals surface area contributed by atoms with Crippen molar-refractivity contribution in [2.75, 3.05) is 4.90 Å². The first kappa shape index (κ1) is 22.7. The zero-order chi connectivity index (χ0) is 25.9. The average molecular weight is 494 g/mol. The molecule has 4 nitrogen and oxygen atoms in total. The molecule has 1 heterocycles. The van der Waals surface area contributed by atoms with Gasteiger partial charge < -0.3 is 19.0 Å². The fourth-order valence-electron chi connectivity index (χ4n) is 5.90. The van der Waals surface area contributed by atoms with Crippen molar-refractivity contribution in [2.45, 2.75) is 19.3 Å². The van der Waals surface area contributed by atoms with Crippen LogP contribution in [0.1, 0.15) is 25.0 Å². The number of anilines is 3. The highest BCUT2D eigenvalue weighted by Gasteiger charge is 2.35. The van der Waals surface area contributed by atoms with E-state index in [1.165, 1.54) is 22.3 Å². The van der Waals surface area contributed by atoms with Crippen molar-refractivity contribution in [3.05, 3.63) is 120 Å². The molecule has 0 bridgehead atoms. The minimum atomic E-state index is -0.0623. The quantitative estimate of drug-likeness (QED) is 0.245. The molecular weight excluding hydrogens is 469 g/mol. The lowest BCUT2D eigenvalue weighted by Gasteiger charge is -2.27. The Hall–Kier alpha value is -4.48. The third-order valence-electron chi connectivity index (χ3n) is 7.71. The van der Waals surface area contributed by atoms with E-state index in [0.717, 1.165) is 39.0 Å². The molecule has 38 heavy (non-hydrogen) atoms. The van der Waals surface area contributed by atoms with E-state index < -0.39 is 0 Å². The molecule has 0 unspecified atom stereocenters. The Morgan fingerprint density at radius 1 is 0.658 bits per heavy atom. The Bertz CT molecular complexity index is 1840. The molecule has 1 N–H and O–H groups in total. The summed E-state index contributed by atoms with van der Waals surface area (Å²) in [6.45, 7) is 4.58. The van der Waals surface area contributed by atoms with Crippen LogP contribution in [0.25, 0.3) is 33.1 Å². The average Bonchev–Trinajstić information content (AvgIpc) is 3.41. The summed E-state index contributed by atoms with van der Waals surface area (Å²) in [6.07, 6.45) is 0. The van der Waals surface area contributed by atoms with E-state index in [4.69, 9.17) is 9.07 Å². The molecule has 7 rings (SSSR count). The third kappa shape index (κ3) is 3.43. The first-order chi connectivity index (χ1) is 18.5. The van der Waals surface area contributed by atoms with Gasteiger partial charge in [0.1, 0.15) is 16.9 Å². The lowest BCUT2D eigenvalue weighted by Crippen LogP contribution is -2.15. The summed E-state index contributed by atoms with van der Waals surface area (Å²) in [6, 6.07) is 37.5. The number of furan rings is 1. The summed E-state index contributed by atoms with van der Waals surface area (Å²) in [5.41, 5.74) is 9.72. The van der Waals surface area contributed by atoms with Gasteiger partial charge in [-0.25, -0.2) is 0 Å². The Morgan fingerprint density at radius 3 is 2.26 bits per heavy atom. The van der Waals surface area contributed by atoms with Gasteiger partial charge in [0.25, 0.3) is 0 Å². The highest BCUT2D eigenvalue weighted by atomic mass is 16.5. The molecule has 0 spiro atoms. The fraction of sp³-hybridized carbons (Fsp3) is 0.0909. The molecule has 0 saturated heterocycles. The van der Waals surface area contributed by atoms with Crippen LogP contribution in [0.2, 0.25) is 0 Å². The monoisotopic (exact) mass is 494 g/mol. The number of benzene rings is 5. The molecule has 1 aromatic heterocycles. The second kappa shape index (κ2) is 8.54. The lowest BCUT2D eigenvalue weighted by atomic mass is 9.82. The van der Waals surface area contributed by atoms with Gasteiger partial charge >= 0.3 is 7.69 Å². The van der Waals surface area contributed by atoms with E-state index in [1.54, 1.807) is 0 Å². The number of hydrogen-bond donors (Lipinski definition) is 1. The van der Waals surface area contributed by atoms with Crippen molar-refractivity contribution in [3.63, 3.8) is 0 Å². The van der Waals surface area contributed by atoms with Gasteiger partial charge in [-0.2, -0.15) is 0 Å². The van der Waals surface area contributed by atoms with Gasteiger partial charge in [-0.3, -0.25) is 0 Å². The van der Waals surface area contributed by atoms with Crippen LogP contribution in [0.5, 0.6) is 5.75 Å². The second-order valence-corrected chi connectivity index (χ2v) is 10.2. The van der Waals surface area contributed by atoms with Gasteiger partial charge in [-0.1, -0.05) is 68.4 Å². The summed E-state index contributed by atoms with van der Waals surface area (Å²) in [7, 11) is 0.707. The predicted octanol–water partition coefficient (Wildman–Crippen LogP) is 8.27. The second-order valence-electron chi connectivity index (χ2n) is 10.2. The van der Waals surface area contributed by atoms with E-state index in [1.807, 2.05) is 42.5 Å². The van der Waals surface area contributed by atoms with Crippen LogP contribution in [0.3, 0.4) is 0 Å². The molecule has 0 amide bonds. The van der Waals surface area contributed by atoms with Crippen molar-refractivity contribution < 1.29 is 14.1 Å². The standard InChI is InChI=1S/C33H25BNO3/c1-33(2)29-12-5-3-10-25(29)28-19-22(15-17-30(28)33)35(21-8-7-9-24(18-21)38-34-36)23-14-16-27-26-11-4-6-13-31(26)37-32(27)20-23/h3-20,36H,1-2H3. The van der Waals surface area contributed by atoms with Crippen molar-refractivity contribution >= 4 is 46.7 Å². The zero-order valence-corrected chi connectivity index (χ0v) is 21.2. The molecule has 0 atom stereocenters. The Morgan fingerprint density at radius 2 is 1.37 bits per heavy atom. The van der Waals surface area contributed by atoms with Crippen LogP contribution in [0.4, 0.5) is 17.1 Å². The number of para-hydroxylation sites is 1. The minimum Gasteiger partial charge on any atom is -0.537 e. The minimum absolute atomic E-state index is 0.0623. The fourth-order valence-corrected chi connectivity index (χ4v) is 5.90. The molecule has 183 valence electrons. The van der Waals surface area contributed by atoms with Gasteiger partial charge in [0.15, 0.2) is 0 Å². The maximum Gasteiger partial charge on any atom is 0.569 e. The molecule has 5 aromatic carbocycles. The number of fused-ring (bicyclic) bond motifs is 6. The van der Waals surface area contributed by atoms with Crippen LogP contribution < -0.4 is 9.55 Å². The van der Waals surface area contributed by atoms with E-state index in [-0.39, 0.29) is 5.41 Å². The maximum atomic E-state index is 9.25. The summed E-state index contributed by atoms with van der Waals surface area (Å²) < 4.78 is 11.5. The topological polar surface area (TPSA) is 45.8 Å². The van der Waals surface area contributed by atoms with E-state index in [0.29, 0.717) is 13.4 Å². The van der Waals surface area contributed by atoms with Crippen LogP contribution in [0, 0.1) is 0 Å². The number of hydrogen-bond acceptors (Lipinski definition) is 4.